The van der Waals surface area contributed by atoms with E-state index in [0.717, 1.165) is 57.3 Å². The fourth-order valence-corrected chi connectivity index (χ4v) is 3.05. The summed E-state index contributed by atoms with van der Waals surface area (Å²) in [7, 11) is 3.98. The number of pyridine rings is 1. The predicted molar refractivity (Wildman–Crippen MR) is 115 cm³/mol. The molecule has 0 bridgehead atoms. The lowest BCUT2D eigenvalue weighted by Gasteiger charge is -2.33. The molecule has 1 aliphatic carbocycles. The van der Waals surface area contributed by atoms with Crippen molar-refractivity contribution in [2.24, 2.45) is 4.99 Å². The Bertz CT molecular complexity index is 570. The predicted octanol–water partition coefficient (Wildman–Crippen LogP) is 1.83. The van der Waals surface area contributed by atoms with E-state index < -0.39 is 0 Å². The first kappa shape index (κ1) is 20.0. The number of hydrogen-bond donors (Lipinski definition) is 2. The summed E-state index contributed by atoms with van der Waals surface area (Å²) in [6.45, 7) is 5.03. The number of anilines is 1. The highest BCUT2D eigenvalue weighted by Crippen LogP contribution is 2.13. The molecule has 1 saturated heterocycles. The van der Waals surface area contributed by atoms with Crippen molar-refractivity contribution in [1.82, 2.24) is 20.5 Å². The van der Waals surface area contributed by atoms with E-state index in [4.69, 9.17) is 0 Å². The molecular weight excluding hydrogens is 427 g/mol. The third kappa shape index (κ3) is 5.85. The highest BCUT2D eigenvalue weighted by Gasteiger charge is 2.15. The number of aromatic nitrogens is 1. The quantitative estimate of drug-likeness (QED) is 0.314. The minimum absolute atomic E-state index is 0. The number of nitrogens with zero attached hydrogens (tertiary/aromatic N) is 4. The number of nitrogens with one attached hydrogen (secondary N) is 2. The molecule has 1 fully saturated rings. The molecule has 2 N–H and O–H groups in total. The Kier molecular flexibility index (Phi) is 7.95. The SMILES string of the molecule is CN=C(NCc1ccc(N2CCN(C)CC2)nc1)NC1CC=CC1.I. The van der Waals surface area contributed by atoms with Crippen LogP contribution in [0.4, 0.5) is 5.82 Å². The van der Waals surface area contributed by atoms with Gasteiger partial charge in [0.05, 0.1) is 0 Å². The molecule has 2 heterocycles. The van der Waals surface area contributed by atoms with E-state index in [-0.39, 0.29) is 24.0 Å². The Hall–Kier alpha value is -1.35. The minimum Gasteiger partial charge on any atom is -0.354 e. The van der Waals surface area contributed by atoms with Gasteiger partial charge in [0.1, 0.15) is 5.82 Å². The minimum atomic E-state index is 0. The second kappa shape index (κ2) is 9.96. The average Bonchev–Trinajstić information content (AvgIpc) is 3.13. The van der Waals surface area contributed by atoms with Crippen LogP contribution in [0.25, 0.3) is 0 Å². The van der Waals surface area contributed by atoms with E-state index in [1.807, 2.05) is 13.2 Å². The second-order valence-corrected chi connectivity index (χ2v) is 6.52. The standard InChI is InChI=1S/C18H28N6.HI/c1-19-18(22-16-5-3-4-6-16)21-14-15-7-8-17(20-13-15)24-11-9-23(2)10-12-24;/h3-4,7-8,13,16H,5-6,9-12,14H2,1-2H3,(H2,19,21,22);1H. The number of likely N-dealkylation sites (N-methyl/N-ethyl adjacent to an activating group) is 1. The van der Waals surface area contributed by atoms with Crippen LogP contribution in [0.2, 0.25) is 0 Å². The van der Waals surface area contributed by atoms with Gasteiger partial charge in [-0.15, -0.1) is 24.0 Å². The summed E-state index contributed by atoms with van der Waals surface area (Å²) in [5.74, 6) is 1.93. The van der Waals surface area contributed by atoms with Gasteiger partial charge in [-0.25, -0.2) is 4.98 Å². The van der Waals surface area contributed by atoms with E-state index in [2.05, 4.69) is 61.7 Å². The van der Waals surface area contributed by atoms with E-state index in [9.17, 15) is 0 Å². The molecule has 0 unspecified atom stereocenters. The Morgan fingerprint density at radius 2 is 1.92 bits per heavy atom. The summed E-state index contributed by atoms with van der Waals surface area (Å²) in [4.78, 5) is 13.6. The number of piperazine rings is 1. The fraction of sp³-hybridized carbons (Fsp3) is 0.556. The third-order valence-electron chi connectivity index (χ3n) is 4.67. The topological polar surface area (TPSA) is 55.8 Å². The smallest absolute Gasteiger partial charge is 0.191 e. The van der Waals surface area contributed by atoms with Crippen molar-refractivity contribution in [3.63, 3.8) is 0 Å². The van der Waals surface area contributed by atoms with Crippen molar-refractivity contribution in [3.8, 4) is 0 Å². The molecule has 2 aliphatic rings. The molecule has 0 atom stereocenters. The average molecular weight is 456 g/mol. The van der Waals surface area contributed by atoms with Gasteiger partial charge in [-0.3, -0.25) is 4.99 Å². The van der Waals surface area contributed by atoms with Gasteiger partial charge in [0.25, 0.3) is 0 Å². The molecule has 0 spiro atoms. The Morgan fingerprint density at radius 1 is 1.20 bits per heavy atom. The van der Waals surface area contributed by atoms with Crippen LogP contribution in [-0.4, -0.2) is 62.2 Å². The maximum atomic E-state index is 4.63. The summed E-state index contributed by atoms with van der Waals surface area (Å²) in [6.07, 6.45) is 8.53. The zero-order valence-electron chi connectivity index (χ0n) is 15.1. The lowest BCUT2D eigenvalue weighted by Crippen LogP contribution is -2.44. The normalized spacial score (nSPS) is 19.0. The third-order valence-corrected chi connectivity index (χ3v) is 4.67. The summed E-state index contributed by atoms with van der Waals surface area (Å²) < 4.78 is 0. The number of hydrogen-bond acceptors (Lipinski definition) is 4. The van der Waals surface area contributed by atoms with Crippen molar-refractivity contribution in [2.75, 3.05) is 45.2 Å². The highest BCUT2D eigenvalue weighted by atomic mass is 127. The summed E-state index contributed by atoms with van der Waals surface area (Å²) in [6, 6.07) is 4.74. The molecule has 0 saturated carbocycles. The van der Waals surface area contributed by atoms with Crippen LogP contribution in [0.1, 0.15) is 18.4 Å². The van der Waals surface area contributed by atoms with Crippen molar-refractivity contribution in [1.29, 1.82) is 0 Å². The van der Waals surface area contributed by atoms with Gasteiger partial charge in [0, 0.05) is 52.0 Å². The Balaban J connectivity index is 0.00000225. The molecule has 0 radical (unpaired) electrons. The van der Waals surface area contributed by atoms with Gasteiger partial charge in [-0.2, -0.15) is 0 Å². The monoisotopic (exact) mass is 456 g/mol. The van der Waals surface area contributed by atoms with Gasteiger partial charge < -0.3 is 20.4 Å². The largest absolute Gasteiger partial charge is 0.354 e. The van der Waals surface area contributed by atoms with E-state index in [1.54, 1.807) is 0 Å². The molecule has 25 heavy (non-hydrogen) atoms. The van der Waals surface area contributed by atoms with Gasteiger partial charge in [-0.05, 0) is 31.5 Å². The summed E-state index contributed by atoms with van der Waals surface area (Å²) >= 11 is 0. The molecule has 1 aliphatic heterocycles. The van der Waals surface area contributed by atoms with Crippen LogP contribution in [-0.2, 0) is 6.54 Å². The lowest BCUT2D eigenvalue weighted by molar-refractivity contribution is 0.312. The van der Waals surface area contributed by atoms with Crippen molar-refractivity contribution < 1.29 is 0 Å². The number of guanidine groups is 1. The van der Waals surface area contributed by atoms with Crippen LogP contribution in [0.3, 0.4) is 0 Å². The number of halogens is 1. The zero-order valence-corrected chi connectivity index (χ0v) is 17.4. The highest BCUT2D eigenvalue weighted by molar-refractivity contribution is 14.0. The molecule has 6 nitrogen and oxygen atoms in total. The van der Waals surface area contributed by atoms with Crippen LogP contribution < -0.4 is 15.5 Å². The molecule has 1 aromatic rings. The van der Waals surface area contributed by atoms with Crippen LogP contribution in [0.15, 0.2) is 35.5 Å². The van der Waals surface area contributed by atoms with Gasteiger partial charge in [0.2, 0.25) is 0 Å². The van der Waals surface area contributed by atoms with Gasteiger partial charge in [-0.1, -0.05) is 18.2 Å². The van der Waals surface area contributed by atoms with Crippen LogP contribution in [0, 0.1) is 0 Å². The molecule has 0 amide bonds. The molecular formula is C18H29IN6. The first-order chi connectivity index (χ1) is 11.7. The van der Waals surface area contributed by atoms with Crippen molar-refractivity contribution >= 4 is 35.8 Å². The zero-order chi connectivity index (χ0) is 16.8. The van der Waals surface area contributed by atoms with Gasteiger partial charge >= 0.3 is 0 Å². The van der Waals surface area contributed by atoms with E-state index >= 15 is 0 Å². The molecule has 7 heteroatoms. The Labute approximate surface area is 167 Å². The maximum Gasteiger partial charge on any atom is 0.191 e. The van der Waals surface area contributed by atoms with Gasteiger partial charge in [0.15, 0.2) is 5.96 Å². The molecule has 1 aromatic heterocycles. The lowest BCUT2D eigenvalue weighted by atomic mass is 10.2. The second-order valence-electron chi connectivity index (χ2n) is 6.52. The maximum absolute atomic E-state index is 4.63. The van der Waals surface area contributed by atoms with Crippen LogP contribution in [0.5, 0.6) is 0 Å². The molecule has 0 aromatic carbocycles. The number of aliphatic imine (C=N–C) groups is 1. The number of rotatable bonds is 4. The summed E-state index contributed by atoms with van der Waals surface area (Å²) in [5.41, 5.74) is 1.17. The van der Waals surface area contributed by atoms with Crippen LogP contribution >= 0.6 is 24.0 Å². The van der Waals surface area contributed by atoms with E-state index in [1.165, 1.54) is 5.56 Å². The Morgan fingerprint density at radius 3 is 2.52 bits per heavy atom. The first-order valence-corrected chi connectivity index (χ1v) is 8.75. The fourth-order valence-electron chi connectivity index (χ4n) is 3.05. The van der Waals surface area contributed by atoms with Crippen molar-refractivity contribution in [2.45, 2.75) is 25.4 Å². The molecule has 3 rings (SSSR count). The molecule has 138 valence electrons. The summed E-state index contributed by atoms with van der Waals surface area (Å²) in [5, 5.41) is 6.81. The van der Waals surface area contributed by atoms with E-state index in [0.29, 0.717) is 6.04 Å². The first-order valence-electron chi connectivity index (χ1n) is 8.75. The van der Waals surface area contributed by atoms with Crippen molar-refractivity contribution in [3.05, 3.63) is 36.0 Å².